The molecule has 1 heterocycles. The highest BCUT2D eigenvalue weighted by molar-refractivity contribution is 5.94. The second-order valence-electron chi connectivity index (χ2n) is 7.17. The Labute approximate surface area is 144 Å². The Hall–Kier alpha value is -2.13. The summed E-state index contributed by atoms with van der Waals surface area (Å²) in [6.07, 6.45) is 1.15. The van der Waals surface area contributed by atoms with E-state index in [0.717, 1.165) is 31.6 Å². The average Bonchev–Trinajstić information content (AvgIpc) is 2.60. The molecular weight excluding hydrogens is 296 g/mol. The van der Waals surface area contributed by atoms with Crippen molar-refractivity contribution >= 4 is 5.91 Å². The van der Waals surface area contributed by atoms with Crippen molar-refractivity contribution in [3.8, 4) is 0 Å². The first-order chi connectivity index (χ1) is 11.6. The number of hydrogen-bond acceptors (Lipinski definition) is 1. The Bertz CT molecular complexity index is 691. The highest BCUT2D eigenvalue weighted by Gasteiger charge is 2.19. The summed E-state index contributed by atoms with van der Waals surface area (Å²) in [6, 6.07) is 16.8. The molecule has 2 N–H and O–H groups in total. The van der Waals surface area contributed by atoms with E-state index in [4.69, 9.17) is 0 Å². The molecule has 3 rings (SSSR count). The second-order valence-corrected chi connectivity index (χ2v) is 7.17. The maximum absolute atomic E-state index is 12.1. The van der Waals surface area contributed by atoms with E-state index in [0.29, 0.717) is 5.92 Å². The standard InChI is InChI=1S/C21H26N2O/c1-16(2)13-22-21(24)19-9-7-17(8-10-19)14-23-12-11-18-5-3-4-6-20(18)15-23/h3-10,16H,11-15H2,1-2H3,(H,22,24)/p+1. The lowest BCUT2D eigenvalue weighted by Crippen LogP contribution is -3.10. The first-order valence-electron chi connectivity index (χ1n) is 8.89. The normalized spacial score (nSPS) is 16.7. The van der Waals surface area contributed by atoms with Crippen LogP contribution in [0.4, 0.5) is 0 Å². The summed E-state index contributed by atoms with van der Waals surface area (Å²) in [6.45, 7) is 8.20. The molecule has 0 aliphatic carbocycles. The van der Waals surface area contributed by atoms with Crippen molar-refractivity contribution < 1.29 is 9.69 Å². The van der Waals surface area contributed by atoms with Crippen LogP contribution in [0.3, 0.4) is 0 Å². The Balaban J connectivity index is 1.58. The molecule has 0 saturated carbocycles. The molecule has 1 unspecified atom stereocenters. The van der Waals surface area contributed by atoms with Crippen LogP contribution in [0.15, 0.2) is 48.5 Å². The van der Waals surface area contributed by atoms with Crippen molar-refractivity contribution in [3.05, 3.63) is 70.8 Å². The van der Waals surface area contributed by atoms with Gasteiger partial charge in [-0.1, -0.05) is 50.2 Å². The molecule has 0 spiro atoms. The smallest absolute Gasteiger partial charge is 0.251 e. The van der Waals surface area contributed by atoms with Gasteiger partial charge in [-0.15, -0.1) is 0 Å². The molecule has 2 aromatic carbocycles. The predicted octanol–water partition coefficient (Wildman–Crippen LogP) is 2.21. The molecule has 1 atom stereocenters. The van der Waals surface area contributed by atoms with Gasteiger partial charge in [0.1, 0.15) is 13.1 Å². The van der Waals surface area contributed by atoms with Gasteiger partial charge in [-0.05, 0) is 23.6 Å². The van der Waals surface area contributed by atoms with Crippen LogP contribution in [-0.4, -0.2) is 19.0 Å². The van der Waals surface area contributed by atoms with Crippen LogP contribution in [0, 0.1) is 5.92 Å². The number of hydrogen-bond donors (Lipinski definition) is 2. The number of rotatable bonds is 5. The van der Waals surface area contributed by atoms with Gasteiger partial charge in [0.2, 0.25) is 0 Å². The van der Waals surface area contributed by atoms with Gasteiger partial charge in [0.15, 0.2) is 0 Å². The van der Waals surface area contributed by atoms with Gasteiger partial charge < -0.3 is 10.2 Å². The summed E-state index contributed by atoms with van der Waals surface area (Å²) < 4.78 is 0. The number of amides is 1. The molecule has 1 aliphatic heterocycles. The summed E-state index contributed by atoms with van der Waals surface area (Å²) in [5, 5.41) is 2.97. The van der Waals surface area contributed by atoms with Crippen LogP contribution < -0.4 is 10.2 Å². The third-order valence-corrected chi connectivity index (χ3v) is 4.65. The molecule has 1 aliphatic rings. The van der Waals surface area contributed by atoms with Crippen LogP contribution in [0.25, 0.3) is 0 Å². The van der Waals surface area contributed by atoms with E-state index in [2.05, 4.69) is 55.6 Å². The number of nitrogens with one attached hydrogen (secondary N) is 2. The summed E-state index contributed by atoms with van der Waals surface area (Å²) in [7, 11) is 0. The topological polar surface area (TPSA) is 33.5 Å². The summed E-state index contributed by atoms with van der Waals surface area (Å²) in [5.41, 5.74) is 5.02. The van der Waals surface area contributed by atoms with Crippen LogP contribution in [-0.2, 0) is 19.5 Å². The zero-order valence-corrected chi connectivity index (χ0v) is 14.6. The molecule has 0 aromatic heterocycles. The molecule has 24 heavy (non-hydrogen) atoms. The highest BCUT2D eigenvalue weighted by Crippen LogP contribution is 2.11. The fraction of sp³-hybridized carbons (Fsp3) is 0.381. The molecule has 0 bridgehead atoms. The predicted molar refractivity (Wildman–Crippen MR) is 97.0 cm³/mol. The summed E-state index contributed by atoms with van der Waals surface area (Å²) >= 11 is 0. The number of quaternary nitrogens is 1. The molecule has 0 saturated heterocycles. The maximum atomic E-state index is 12.1. The van der Waals surface area contributed by atoms with Crippen molar-refractivity contribution in [3.63, 3.8) is 0 Å². The van der Waals surface area contributed by atoms with Gasteiger partial charge >= 0.3 is 0 Å². The SMILES string of the molecule is CC(C)CNC(=O)c1ccc(C[NH+]2CCc3ccccc3C2)cc1. The van der Waals surface area contributed by atoms with Gasteiger partial charge in [0.05, 0.1) is 6.54 Å². The van der Waals surface area contributed by atoms with Gasteiger partial charge in [-0.25, -0.2) is 0 Å². The minimum Gasteiger partial charge on any atom is -0.352 e. The van der Waals surface area contributed by atoms with E-state index in [9.17, 15) is 4.79 Å². The molecular formula is C21H27N2O+. The number of fused-ring (bicyclic) bond motifs is 1. The molecule has 3 nitrogen and oxygen atoms in total. The quantitative estimate of drug-likeness (QED) is 0.869. The van der Waals surface area contributed by atoms with Gasteiger partial charge in [0, 0.05) is 29.7 Å². The van der Waals surface area contributed by atoms with Crippen LogP contribution in [0.2, 0.25) is 0 Å². The van der Waals surface area contributed by atoms with Crippen LogP contribution in [0.5, 0.6) is 0 Å². The van der Waals surface area contributed by atoms with E-state index in [1.165, 1.54) is 23.2 Å². The average molecular weight is 323 g/mol. The minimum absolute atomic E-state index is 0.0227. The highest BCUT2D eigenvalue weighted by atomic mass is 16.1. The molecule has 0 fully saturated rings. The van der Waals surface area contributed by atoms with Crippen molar-refractivity contribution in [2.24, 2.45) is 5.92 Å². The van der Waals surface area contributed by atoms with Gasteiger partial charge in [-0.3, -0.25) is 4.79 Å². The Morgan fingerprint density at radius 1 is 1.08 bits per heavy atom. The summed E-state index contributed by atoms with van der Waals surface area (Å²) in [5.74, 6) is 0.494. The molecule has 2 aromatic rings. The Kier molecular flexibility index (Phi) is 5.31. The second kappa shape index (κ2) is 7.63. The van der Waals surface area contributed by atoms with Crippen molar-refractivity contribution in [2.75, 3.05) is 13.1 Å². The van der Waals surface area contributed by atoms with Crippen LogP contribution in [0.1, 0.15) is 40.9 Å². The minimum atomic E-state index is 0.0227. The van der Waals surface area contributed by atoms with E-state index in [-0.39, 0.29) is 5.91 Å². The lowest BCUT2D eigenvalue weighted by molar-refractivity contribution is -0.929. The zero-order valence-electron chi connectivity index (χ0n) is 14.6. The molecule has 0 radical (unpaired) electrons. The lowest BCUT2D eigenvalue weighted by Gasteiger charge is -2.26. The van der Waals surface area contributed by atoms with E-state index in [1.54, 1.807) is 4.90 Å². The van der Waals surface area contributed by atoms with Gasteiger partial charge in [-0.2, -0.15) is 0 Å². The number of benzene rings is 2. The molecule has 1 amide bonds. The first-order valence-corrected chi connectivity index (χ1v) is 8.89. The fourth-order valence-electron chi connectivity index (χ4n) is 3.26. The zero-order chi connectivity index (χ0) is 16.9. The Morgan fingerprint density at radius 3 is 2.50 bits per heavy atom. The largest absolute Gasteiger partial charge is 0.352 e. The third-order valence-electron chi connectivity index (χ3n) is 4.65. The third kappa shape index (κ3) is 4.24. The maximum Gasteiger partial charge on any atom is 0.251 e. The fourth-order valence-corrected chi connectivity index (χ4v) is 3.26. The summed E-state index contributed by atoms with van der Waals surface area (Å²) in [4.78, 5) is 13.7. The monoisotopic (exact) mass is 323 g/mol. The number of carbonyl (C=O) groups is 1. The van der Waals surface area contributed by atoms with Gasteiger partial charge in [0.25, 0.3) is 5.91 Å². The van der Waals surface area contributed by atoms with Crippen molar-refractivity contribution in [1.82, 2.24) is 5.32 Å². The van der Waals surface area contributed by atoms with Crippen molar-refractivity contribution in [2.45, 2.75) is 33.4 Å². The van der Waals surface area contributed by atoms with E-state index >= 15 is 0 Å². The van der Waals surface area contributed by atoms with E-state index < -0.39 is 0 Å². The molecule has 126 valence electrons. The Morgan fingerprint density at radius 2 is 1.79 bits per heavy atom. The van der Waals surface area contributed by atoms with E-state index in [1.807, 2.05) is 12.1 Å². The number of carbonyl (C=O) groups excluding carboxylic acids is 1. The molecule has 3 heteroatoms. The first kappa shape index (κ1) is 16.7. The van der Waals surface area contributed by atoms with Crippen molar-refractivity contribution in [1.29, 1.82) is 0 Å². The lowest BCUT2D eigenvalue weighted by atomic mass is 9.99. The van der Waals surface area contributed by atoms with Crippen LogP contribution >= 0.6 is 0 Å².